The molecule has 1 aliphatic rings. The van der Waals surface area contributed by atoms with Crippen molar-refractivity contribution in [2.75, 3.05) is 18.6 Å². The number of anilines is 1. The first kappa shape index (κ1) is 20.1. The first-order valence-electron chi connectivity index (χ1n) is 9.15. The van der Waals surface area contributed by atoms with Crippen LogP contribution in [-0.4, -0.2) is 38.4 Å². The molecule has 1 aliphatic carbocycles. The topological polar surface area (TPSA) is 83.6 Å². The van der Waals surface area contributed by atoms with E-state index in [4.69, 9.17) is 0 Å². The molecule has 0 aromatic heterocycles. The van der Waals surface area contributed by atoms with E-state index in [2.05, 4.69) is 5.32 Å². The number of hydrogen-bond donors (Lipinski definition) is 1. The summed E-state index contributed by atoms with van der Waals surface area (Å²) in [4.78, 5) is 26.4. The molecule has 0 bridgehead atoms. The second-order valence-electron chi connectivity index (χ2n) is 7.27. The van der Waals surface area contributed by atoms with Crippen LogP contribution >= 0.6 is 0 Å². The molecule has 2 amide bonds. The molecule has 2 aromatic rings. The molecule has 1 fully saturated rings. The molecule has 148 valence electrons. The highest BCUT2D eigenvalue weighted by Gasteiger charge is 2.29. The minimum Gasteiger partial charge on any atom is -0.335 e. The lowest BCUT2D eigenvalue weighted by atomic mass is 10.1. The van der Waals surface area contributed by atoms with Crippen molar-refractivity contribution in [3.8, 4) is 0 Å². The third kappa shape index (κ3) is 4.59. The summed E-state index contributed by atoms with van der Waals surface area (Å²) in [6.07, 6.45) is 3.05. The van der Waals surface area contributed by atoms with Crippen LogP contribution in [0.1, 0.15) is 41.7 Å². The van der Waals surface area contributed by atoms with Crippen molar-refractivity contribution >= 4 is 27.3 Å². The van der Waals surface area contributed by atoms with Crippen LogP contribution in [0.4, 0.5) is 5.69 Å². The van der Waals surface area contributed by atoms with Crippen LogP contribution < -0.4 is 5.32 Å². The zero-order chi connectivity index (χ0) is 20.5. The van der Waals surface area contributed by atoms with Crippen molar-refractivity contribution in [1.82, 2.24) is 4.90 Å². The number of nitrogens with one attached hydrogen (secondary N) is 1. The van der Waals surface area contributed by atoms with Gasteiger partial charge in [-0.2, -0.15) is 0 Å². The molecular weight excluding hydrogens is 376 g/mol. The van der Waals surface area contributed by atoms with E-state index in [1.807, 2.05) is 6.92 Å². The van der Waals surface area contributed by atoms with E-state index < -0.39 is 9.84 Å². The maximum atomic E-state index is 12.8. The molecule has 6 nitrogen and oxygen atoms in total. The zero-order valence-electron chi connectivity index (χ0n) is 16.2. The van der Waals surface area contributed by atoms with Crippen LogP contribution in [0.5, 0.6) is 0 Å². The highest BCUT2D eigenvalue weighted by atomic mass is 32.2. The van der Waals surface area contributed by atoms with Gasteiger partial charge in [0.15, 0.2) is 9.84 Å². The number of carbonyl (C=O) groups is 2. The van der Waals surface area contributed by atoms with Crippen molar-refractivity contribution < 1.29 is 18.0 Å². The summed E-state index contributed by atoms with van der Waals surface area (Å²) in [5, 5.41) is 2.85. The Labute approximate surface area is 165 Å². The number of amides is 2. The van der Waals surface area contributed by atoms with E-state index in [0.717, 1.165) is 24.7 Å². The van der Waals surface area contributed by atoms with Crippen LogP contribution in [0.25, 0.3) is 0 Å². The van der Waals surface area contributed by atoms with Gasteiger partial charge in [-0.15, -0.1) is 0 Å². The van der Waals surface area contributed by atoms with Gasteiger partial charge in [-0.1, -0.05) is 12.1 Å². The van der Waals surface area contributed by atoms with E-state index in [9.17, 15) is 18.0 Å². The molecule has 1 unspecified atom stereocenters. The van der Waals surface area contributed by atoms with Crippen molar-refractivity contribution in [3.63, 3.8) is 0 Å². The molecule has 0 spiro atoms. The fourth-order valence-corrected chi connectivity index (χ4v) is 3.51. The molecule has 7 heteroatoms. The third-order valence-corrected chi connectivity index (χ3v) is 6.17. The fourth-order valence-electron chi connectivity index (χ4n) is 2.88. The van der Waals surface area contributed by atoms with E-state index >= 15 is 0 Å². The van der Waals surface area contributed by atoms with Crippen molar-refractivity contribution in [3.05, 3.63) is 59.7 Å². The molecule has 0 radical (unpaired) electrons. The SMILES string of the molecule is CC(c1ccc(S(C)(=O)=O)cc1)N(C)C(=O)c1ccc(NC(=O)C2CC2)cc1. The number of benzene rings is 2. The van der Waals surface area contributed by atoms with Crippen LogP contribution in [0.2, 0.25) is 0 Å². The summed E-state index contributed by atoms with van der Waals surface area (Å²) in [6.45, 7) is 1.89. The van der Waals surface area contributed by atoms with Crippen molar-refractivity contribution in [1.29, 1.82) is 0 Å². The summed E-state index contributed by atoms with van der Waals surface area (Å²) in [6, 6.07) is 13.2. The Bertz CT molecular complexity index is 978. The molecule has 0 saturated heterocycles. The molecule has 0 heterocycles. The van der Waals surface area contributed by atoms with Crippen LogP contribution in [-0.2, 0) is 14.6 Å². The summed E-state index contributed by atoms with van der Waals surface area (Å²) in [5.41, 5.74) is 2.05. The van der Waals surface area contributed by atoms with E-state index in [1.54, 1.807) is 60.5 Å². The predicted molar refractivity (Wildman–Crippen MR) is 108 cm³/mol. The number of carbonyl (C=O) groups excluding carboxylic acids is 2. The number of hydrogen-bond acceptors (Lipinski definition) is 4. The minimum atomic E-state index is -3.25. The molecule has 2 aromatic carbocycles. The predicted octanol–water partition coefficient (Wildman–Crippen LogP) is 3.27. The van der Waals surface area contributed by atoms with E-state index in [0.29, 0.717) is 11.3 Å². The first-order valence-corrected chi connectivity index (χ1v) is 11.0. The lowest BCUT2D eigenvalue weighted by Gasteiger charge is -2.25. The van der Waals surface area contributed by atoms with Gasteiger partial charge in [-0.25, -0.2) is 8.42 Å². The molecule has 1 N–H and O–H groups in total. The number of sulfone groups is 1. The Morgan fingerprint density at radius 3 is 2.11 bits per heavy atom. The second-order valence-corrected chi connectivity index (χ2v) is 9.29. The fraction of sp³-hybridized carbons (Fsp3) is 0.333. The molecule has 1 atom stereocenters. The maximum absolute atomic E-state index is 12.8. The van der Waals surface area contributed by atoms with Gasteiger partial charge in [-0.05, 0) is 61.7 Å². The zero-order valence-corrected chi connectivity index (χ0v) is 17.0. The Balaban J connectivity index is 1.68. The van der Waals surface area contributed by atoms with Crippen LogP contribution in [0.15, 0.2) is 53.4 Å². The average molecular weight is 401 g/mol. The smallest absolute Gasteiger partial charge is 0.254 e. The standard InChI is InChI=1S/C21H24N2O4S/c1-14(15-8-12-19(13-9-15)28(3,26)27)23(2)21(25)17-6-10-18(11-7-17)22-20(24)16-4-5-16/h6-14,16H,4-5H2,1-3H3,(H,22,24). The number of rotatable bonds is 6. The maximum Gasteiger partial charge on any atom is 0.254 e. The van der Waals surface area contributed by atoms with E-state index in [1.165, 1.54) is 0 Å². The van der Waals surface area contributed by atoms with Gasteiger partial charge in [0.2, 0.25) is 5.91 Å². The van der Waals surface area contributed by atoms with Gasteiger partial charge in [0.1, 0.15) is 0 Å². The highest BCUT2D eigenvalue weighted by molar-refractivity contribution is 7.90. The normalized spacial score (nSPS) is 15.0. The second kappa shape index (κ2) is 7.75. The quantitative estimate of drug-likeness (QED) is 0.807. The molecule has 1 saturated carbocycles. The van der Waals surface area contributed by atoms with E-state index in [-0.39, 0.29) is 28.7 Å². The Kier molecular flexibility index (Phi) is 5.56. The lowest BCUT2D eigenvalue weighted by molar-refractivity contribution is -0.117. The lowest BCUT2D eigenvalue weighted by Crippen LogP contribution is -2.29. The largest absolute Gasteiger partial charge is 0.335 e. The minimum absolute atomic E-state index is 0.0300. The van der Waals surface area contributed by atoms with Gasteiger partial charge < -0.3 is 10.2 Å². The van der Waals surface area contributed by atoms with Gasteiger partial charge in [0.05, 0.1) is 10.9 Å². The highest BCUT2D eigenvalue weighted by Crippen LogP contribution is 2.30. The summed E-state index contributed by atoms with van der Waals surface area (Å²) in [7, 11) is -1.54. The third-order valence-electron chi connectivity index (χ3n) is 5.04. The molecule has 28 heavy (non-hydrogen) atoms. The molecule has 0 aliphatic heterocycles. The van der Waals surface area contributed by atoms with Crippen molar-refractivity contribution in [2.24, 2.45) is 5.92 Å². The Morgan fingerprint density at radius 2 is 1.61 bits per heavy atom. The summed E-state index contributed by atoms with van der Waals surface area (Å²) < 4.78 is 23.2. The number of nitrogens with zero attached hydrogens (tertiary/aromatic N) is 1. The first-order chi connectivity index (χ1) is 13.2. The van der Waals surface area contributed by atoms with Crippen molar-refractivity contribution in [2.45, 2.75) is 30.7 Å². The average Bonchev–Trinajstić information content (AvgIpc) is 3.51. The van der Waals surface area contributed by atoms with Gasteiger partial charge in [-0.3, -0.25) is 9.59 Å². The Hall–Kier alpha value is -2.67. The van der Waals surface area contributed by atoms with Crippen LogP contribution in [0, 0.1) is 5.92 Å². The molecular formula is C21H24N2O4S. The Morgan fingerprint density at radius 1 is 1.04 bits per heavy atom. The molecule has 3 rings (SSSR count). The summed E-state index contributed by atoms with van der Waals surface area (Å²) >= 11 is 0. The van der Waals surface area contributed by atoms with Gasteiger partial charge >= 0.3 is 0 Å². The monoisotopic (exact) mass is 400 g/mol. The van der Waals surface area contributed by atoms with Crippen LogP contribution in [0.3, 0.4) is 0 Å². The summed E-state index contributed by atoms with van der Waals surface area (Å²) in [5.74, 6) is 0.00416. The van der Waals surface area contributed by atoms with Gasteiger partial charge in [0.25, 0.3) is 5.91 Å². The van der Waals surface area contributed by atoms with Gasteiger partial charge in [0, 0.05) is 30.5 Å².